The quantitative estimate of drug-likeness (QED) is 0.859. The van der Waals surface area contributed by atoms with Gasteiger partial charge in [0.1, 0.15) is 10.9 Å². The summed E-state index contributed by atoms with van der Waals surface area (Å²) < 4.78 is 4.91. The van der Waals surface area contributed by atoms with Gasteiger partial charge >= 0.3 is 0 Å². The van der Waals surface area contributed by atoms with Crippen LogP contribution in [-0.2, 0) is 11.3 Å². The van der Waals surface area contributed by atoms with Gasteiger partial charge < -0.3 is 9.84 Å². The summed E-state index contributed by atoms with van der Waals surface area (Å²) in [5.74, 6) is 0.928. The van der Waals surface area contributed by atoms with Crippen molar-refractivity contribution in [2.24, 2.45) is 0 Å². The van der Waals surface area contributed by atoms with Crippen LogP contribution in [0.3, 0.4) is 0 Å². The molecule has 0 aliphatic rings. The Balaban J connectivity index is 1.93. The predicted molar refractivity (Wildman–Crippen MR) is 80.0 cm³/mol. The number of rotatable bonds is 5. The van der Waals surface area contributed by atoms with E-state index in [1.807, 2.05) is 24.9 Å². The first kappa shape index (κ1) is 15.5. The van der Waals surface area contributed by atoms with Gasteiger partial charge in [-0.3, -0.25) is 9.69 Å². The number of halogens is 1. The number of carbonyl (C=O) groups is 1. The minimum atomic E-state index is -0.322. The molecule has 0 aromatic carbocycles. The number of likely N-dealkylation sites (N-methyl/N-ethyl adjacent to an activating group) is 1. The molecule has 2 aromatic rings. The first-order chi connectivity index (χ1) is 9.95. The van der Waals surface area contributed by atoms with Gasteiger partial charge in [-0.25, -0.2) is 4.98 Å². The van der Waals surface area contributed by atoms with Crippen LogP contribution in [0.1, 0.15) is 18.2 Å². The van der Waals surface area contributed by atoms with E-state index >= 15 is 0 Å². The van der Waals surface area contributed by atoms with Gasteiger partial charge in [-0.2, -0.15) is 0 Å². The zero-order valence-corrected chi connectivity index (χ0v) is 12.9. The zero-order valence-electron chi connectivity index (χ0n) is 12.1. The molecule has 6 nitrogen and oxygen atoms in total. The van der Waals surface area contributed by atoms with Crippen LogP contribution in [0.25, 0.3) is 0 Å². The lowest BCUT2D eigenvalue weighted by molar-refractivity contribution is -0.120. The van der Waals surface area contributed by atoms with Crippen molar-refractivity contribution in [3.63, 3.8) is 0 Å². The minimum absolute atomic E-state index is 0.146. The molecule has 1 amide bonds. The summed E-state index contributed by atoms with van der Waals surface area (Å²) in [7, 11) is 1.87. The molecular weight excluding hydrogens is 292 g/mol. The van der Waals surface area contributed by atoms with E-state index in [9.17, 15) is 4.79 Å². The molecule has 1 atom stereocenters. The van der Waals surface area contributed by atoms with E-state index in [2.05, 4.69) is 15.5 Å². The number of nitrogens with one attached hydrogen (secondary N) is 1. The molecule has 21 heavy (non-hydrogen) atoms. The summed E-state index contributed by atoms with van der Waals surface area (Å²) in [5.41, 5.74) is 0.985. The fourth-order valence-electron chi connectivity index (χ4n) is 1.78. The number of pyridine rings is 1. The van der Waals surface area contributed by atoms with E-state index < -0.39 is 0 Å². The average Bonchev–Trinajstić information content (AvgIpc) is 2.85. The molecule has 2 aromatic heterocycles. The highest BCUT2D eigenvalue weighted by Crippen LogP contribution is 2.11. The molecule has 0 fully saturated rings. The number of anilines is 1. The highest BCUT2D eigenvalue weighted by atomic mass is 35.5. The van der Waals surface area contributed by atoms with Gasteiger partial charge in [0.2, 0.25) is 5.91 Å². The predicted octanol–water partition coefficient (Wildman–Crippen LogP) is 2.49. The van der Waals surface area contributed by atoms with Crippen molar-refractivity contribution in [1.29, 1.82) is 0 Å². The van der Waals surface area contributed by atoms with Crippen LogP contribution in [0.2, 0.25) is 5.15 Å². The summed E-state index contributed by atoms with van der Waals surface area (Å²) in [4.78, 5) is 18.1. The van der Waals surface area contributed by atoms with E-state index in [1.54, 1.807) is 25.3 Å². The summed E-state index contributed by atoms with van der Waals surface area (Å²) in [6.07, 6.45) is 1.70. The summed E-state index contributed by atoms with van der Waals surface area (Å²) >= 11 is 5.75. The van der Waals surface area contributed by atoms with Crippen molar-refractivity contribution in [2.45, 2.75) is 26.4 Å². The second-order valence-corrected chi connectivity index (χ2v) is 5.28. The second kappa shape index (κ2) is 6.69. The smallest absolute Gasteiger partial charge is 0.242 e. The Labute approximate surface area is 128 Å². The van der Waals surface area contributed by atoms with E-state index in [-0.39, 0.29) is 11.9 Å². The SMILES string of the molecule is Cc1cc(NC(=O)C(C)N(C)Cc2ccc(Cl)nc2)no1. The fraction of sp³-hybridized carbons (Fsp3) is 0.357. The van der Waals surface area contributed by atoms with Gasteiger partial charge in [-0.1, -0.05) is 22.8 Å². The minimum Gasteiger partial charge on any atom is -0.360 e. The first-order valence-electron chi connectivity index (χ1n) is 6.50. The molecule has 0 aliphatic carbocycles. The lowest BCUT2D eigenvalue weighted by Crippen LogP contribution is -2.39. The maximum absolute atomic E-state index is 12.1. The molecule has 2 rings (SSSR count). The van der Waals surface area contributed by atoms with Crippen LogP contribution in [0, 0.1) is 6.92 Å². The maximum Gasteiger partial charge on any atom is 0.242 e. The standard InChI is InChI=1S/C14H17ClN4O2/c1-9-6-13(18-21-9)17-14(20)10(2)19(3)8-11-4-5-12(15)16-7-11/h4-7,10H,8H2,1-3H3,(H,17,18,20). The van der Waals surface area contributed by atoms with Crippen LogP contribution in [0.5, 0.6) is 0 Å². The van der Waals surface area contributed by atoms with Crippen molar-refractivity contribution in [2.75, 3.05) is 12.4 Å². The number of aryl methyl sites for hydroxylation is 1. The zero-order chi connectivity index (χ0) is 15.4. The van der Waals surface area contributed by atoms with Crippen LogP contribution in [0.4, 0.5) is 5.82 Å². The van der Waals surface area contributed by atoms with Crippen LogP contribution in [-0.4, -0.2) is 34.0 Å². The first-order valence-corrected chi connectivity index (χ1v) is 6.88. The lowest BCUT2D eigenvalue weighted by atomic mass is 10.2. The van der Waals surface area contributed by atoms with Gasteiger partial charge in [-0.05, 0) is 32.5 Å². The Kier molecular flexibility index (Phi) is 4.93. The molecule has 112 valence electrons. The number of aromatic nitrogens is 2. The van der Waals surface area contributed by atoms with Crippen molar-refractivity contribution in [3.05, 3.63) is 40.9 Å². The normalized spacial score (nSPS) is 12.4. The third-order valence-electron chi connectivity index (χ3n) is 3.14. The van der Waals surface area contributed by atoms with Gasteiger partial charge in [-0.15, -0.1) is 0 Å². The molecule has 0 saturated carbocycles. The van der Waals surface area contributed by atoms with Crippen molar-refractivity contribution < 1.29 is 9.32 Å². The van der Waals surface area contributed by atoms with Gasteiger partial charge in [0.15, 0.2) is 5.82 Å². The molecule has 0 aliphatic heterocycles. The molecule has 2 heterocycles. The van der Waals surface area contributed by atoms with Crippen LogP contribution < -0.4 is 5.32 Å². The number of carbonyl (C=O) groups excluding carboxylic acids is 1. The third-order valence-corrected chi connectivity index (χ3v) is 3.36. The molecule has 1 unspecified atom stereocenters. The topological polar surface area (TPSA) is 71.3 Å². The summed E-state index contributed by atoms with van der Waals surface area (Å²) in [6, 6.07) is 4.97. The average molecular weight is 309 g/mol. The van der Waals surface area contributed by atoms with Crippen molar-refractivity contribution >= 4 is 23.3 Å². The van der Waals surface area contributed by atoms with Gasteiger partial charge in [0.25, 0.3) is 0 Å². The van der Waals surface area contributed by atoms with Crippen LogP contribution >= 0.6 is 11.6 Å². The Bertz CT molecular complexity index is 612. The van der Waals surface area contributed by atoms with Crippen molar-refractivity contribution in [3.8, 4) is 0 Å². The fourth-order valence-corrected chi connectivity index (χ4v) is 1.89. The second-order valence-electron chi connectivity index (χ2n) is 4.89. The largest absolute Gasteiger partial charge is 0.360 e. The number of amides is 1. The summed E-state index contributed by atoms with van der Waals surface area (Å²) in [5, 5.41) is 6.91. The molecular formula is C14H17ClN4O2. The molecule has 0 spiro atoms. The number of nitrogens with zero attached hydrogens (tertiary/aromatic N) is 3. The Morgan fingerprint density at radius 2 is 2.29 bits per heavy atom. The molecule has 7 heteroatoms. The Hall–Kier alpha value is -1.92. The van der Waals surface area contributed by atoms with E-state index in [0.29, 0.717) is 23.3 Å². The van der Waals surface area contributed by atoms with Gasteiger partial charge in [0, 0.05) is 18.8 Å². The number of hydrogen-bond donors (Lipinski definition) is 1. The molecule has 1 N–H and O–H groups in total. The van der Waals surface area contributed by atoms with Crippen molar-refractivity contribution in [1.82, 2.24) is 15.0 Å². The molecule has 0 bridgehead atoms. The highest BCUT2D eigenvalue weighted by molar-refractivity contribution is 6.29. The highest BCUT2D eigenvalue weighted by Gasteiger charge is 2.19. The van der Waals surface area contributed by atoms with E-state index in [1.165, 1.54) is 0 Å². The van der Waals surface area contributed by atoms with E-state index in [4.69, 9.17) is 16.1 Å². The van der Waals surface area contributed by atoms with Gasteiger partial charge in [0.05, 0.1) is 6.04 Å². The van der Waals surface area contributed by atoms with Crippen LogP contribution in [0.15, 0.2) is 28.9 Å². The number of hydrogen-bond acceptors (Lipinski definition) is 5. The lowest BCUT2D eigenvalue weighted by Gasteiger charge is -2.23. The van der Waals surface area contributed by atoms with E-state index in [0.717, 1.165) is 5.56 Å². The third kappa shape index (κ3) is 4.27. The molecule has 0 radical (unpaired) electrons. The Morgan fingerprint density at radius 3 is 2.86 bits per heavy atom. The maximum atomic E-state index is 12.1. The molecule has 0 saturated heterocycles. The Morgan fingerprint density at radius 1 is 1.52 bits per heavy atom. The monoisotopic (exact) mass is 308 g/mol. The summed E-state index contributed by atoms with van der Waals surface area (Å²) in [6.45, 7) is 4.19.